The van der Waals surface area contributed by atoms with E-state index in [0.717, 1.165) is 40.3 Å². The van der Waals surface area contributed by atoms with Crippen molar-refractivity contribution in [2.75, 3.05) is 6.61 Å². The Morgan fingerprint density at radius 1 is 0.903 bits per heavy atom. The van der Waals surface area contributed by atoms with Crippen molar-refractivity contribution in [3.05, 3.63) is 89.2 Å². The van der Waals surface area contributed by atoms with E-state index in [1.165, 1.54) is 11.1 Å². The molecule has 0 aliphatic carbocycles. The van der Waals surface area contributed by atoms with Crippen LogP contribution in [0.2, 0.25) is 0 Å². The molecule has 1 atom stereocenters. The third-order valence-electron chi connectivity index (χ3n) is 5.51. The van der Waals surface area contributed by atoms with E-state index >= 15 is 0 Å². The number of rotatable bonds is 8. The van der Waals surface area contributed by atoms with Gasteiger partial charge in [0.2, 0.25) is 0 Å². The van der Waals surface area contributed by atoms with Gasteiger partial charge in [0.1, 0.15) is 18.1 Å². The fourth-order valence-corrected chi connectivity index (χ4v) is 3.95. The number of benzene rings is 3. The van der Waals surface area contributed by atoms with Gasteiger partial charge >= 0.3 is 0 Å². The average Bonchev–Trinajstić information content (AvgIpc) is 3.12. The molecule has 0 N–H and O–H groups in total. The van der Waals surface area contributed by atoms with Gasteiger partial charge in [-0.3, -0.25) is 0 Å². The molecule has 1 heterocycles. The molecule has 31 heavy (non-hydrogen) atoms. The first-order valence-electron chi connectivity index (χ1n) is 10.9. The molecule has 3 aromatic carbocycles. The summed E-state index contributed by atoms with van der Waals surface area (Å²) in [5.41, 5.74) is 5.67. The van der Waals surface area contributed by atoms with Crippen LogP contribution in [0.15, 0.2) is 66.7 Å². The molecule has 0 aliphatic rings. The smallest absolute Gasteiger partial charge is 0.156 e. The number of nitrogens with zero attached hydrogens (tertiary/aromatic N) is 2. The van der Waals surface area contributed by atoms with Crippen molar-refractivity contribution >= 4 is 11.0 Å². The molecule has 0 bridgehead atoms. The highest BCUT2D eigenvalue weighted by Gasteiger charge is 2.21. The molecule has 4 nitrogen and oxygen atoms in total. The van der Waals surface area contributed by atoms with Crippen molar-refractivity contribution in [1.29, 1.82) is 0 Å². The summed E-state index contributed by atoms with van der Waals surface area (Å²) in [6.45, 7) is 9.67. The zero-order chi connectivity index (χ0) is 21.8. The van der Waals surface area contributed by atoms with Gasteiger partial charge in [-0.15, -0.1) is 0 Å². The summed E-state index contributed by atoms with van der Waals surface area (Å²) in [4.78, 5) is 4.94. The molecule has 0 fully saturated rings. The number of imidazole rings is 1. The summed E-state index contributed by atoms with van der Waals surface area (Å²) in [7, 11) is 0. The zero-order valence-corrected chi connectivity index (χ0v) is 18.8. The maximum absolute atomic E-state index is 6.37. The Hall–Kier alpha value is -3.27. The second kappa shape index (κ2) is 9.25. The molecule has 4 rings (SSSR count). The Bertz CT molecular complexity index is 1180. The number of hydrogen-bond acceptors (Lipinski definition) is 3. The van der Waals surface area contributed by atoms with Crippen molar-refractivity contribution in [2.24, 2.45) is 0 Å². The summed E-state index contributed by atoms with van der Waals surface area (Å²) in [5, 5.41) is 0. The van der Waals surface area contributed by atoms with Gasteiger partial charge in [0.05, 0.1) is 17.6 Å². The maximum Gasteiger partial charge on any atom is 0.156 e. The van der Waals surface area contributed by atoms with E-state index < -0.39 is 0 Å². The minimum atomic E-state index is -0.129. The minimum Gasteiger partial charge on any atom is -0.491 e. The molecule has 0 saturated carbocycles. The van der Waals surface area contributed by atoms with Crippen molar-refractivity contribution < 1.29 is 9.47 Å². The highest BCUT2D eigenvalue weighted by molar-refractivity contribution is 5.76. The lowest BCUT2D eigenvalue weighted by atomic mass is 10.1. The van der Waals surface area contributed by atoms with E-state index in [2.05, 4.69) is 74.7 Å². The second-order valence-electron chi connectivity index (χ2n) is 8.06. The van der Waals surface area contributed by atoms with Crippen LogP contribution in [0.5, 0.6) is 11.5 Å². The van der Waals surface area contributed by atoms with E-state index in [0.29, 0.717) is 13.2 Å². The van der Waals surface area contributed by atoms with E-state index in [1.54, 1.807) is 0 Å². The van der Waals surface area contributed by atoms with Gasteiger partial charge in [-0.2, -0.15) is 0 Å². The predicted molar refractivity (Wildman–Crippen MR) is 126 cm³/mol. The van der Waals surface area contributed by atoms with Crippen molar-refractivity contribution in [3.8, 4) is 11.5 Å². The van der Waals surface area contributed by atoms with Crippen molar-refractivity contribution in [3.63, 3.8) is 0 Å². The Morgan fingerprint density at radius 3 is 2.48 bits per heavy atom. The normalized spacial score (nSPS) is 12.1. The predicted octanol–water partition coefficient (Wildman–Crippen LogP) is 6.57. The molecule has 4 aromatic rings. The SMILES string of the molecule is CCC(Oc1cccc(C)c1)c1nc2ccccc2n1CCOc1ccc(C)cc1C. The first-order valence-corrected chi connectivity index (χ1v) is 10.9. The maximum atomic E-state index is 6.37. The van der Waals surface area contributed by atoms with Crippen LogP contribution in [-0.4, -0.2) is 16.2 Å². The molecule has 4 heteroatoms. The zero-order valence-electron chi connectivity index (χ0n) is 18.8. The van der Waals surface area contributed by atoms with E-state index in [1.807, 2.05) is 24.3 Å². The molecule has 1 aromatic heterocycles. The first kappa shape index (κ1) is 21.0. The van der Waals surface area contributed by atoms with Crippen LogP contribution >= 0.6 is 0 Å². The third-order valence-corrected chi connectivity index (χ3v) is 5.51. The van der Waals surface area contributed by atoms with Crippen molar-refractivity contribution in [2.45, 2.75) is 46.8 Å². The minimum absolute atomic E-state index is 0.129. The standard InChI is InChI=1S/C27H30N2O2/c1-5-25(31-22-10-8-9-19(2)18-22)27-28-23-11-6-7-12-24(23)29(27)15-16-30-26-14-13-20(3)17-21(26)4/h6-14,17-18,25H,5,15-16H2,1-4H3. The van der Waals surface area contributed by atoms with Crippen LogP contribution in [-0.2, 0) is 6.54 Å². The molecule has 0 aliphatic heterocycles. The van der Waals surface area contributed by atoms with Gasteiger partial charge in [0, 0.05) is 0 Å². The molecule has 0 radical (unpaired) electrons. The Labute approximate surface area is 184 Å². The quantitative estimate of drug-likeness (QED) is 0.327. The van der Waals surface area contributed by atoms with Gasteiger partial charge in [-0.25, -0.2) is 4.98 Å². The number of hydrogen-bond donors (Lipinski definition) is 0. The Balaban J connectivity index is 1.60. The average molecular weight is 415 g/mol. The summed E-state index contributed by atoms with van der Waals surface area (Å²) < 4.78 is 14.7. The fraction of sp³-hybridized carbons (Fsp3) is 0.296. The highest BCUT2D eigenvalue weighted by Crippen LogP contribution is 2.28. The summed E-state index contributed by atoms with van der Waals surface area (Å²) in [5.74, 6) is 2.74. The van der Waals surface area contributed by atoms with Crippen molar-refractivity contribution in [1.82, 2.24) is 9.55 Å². The number of aryl methyl sites for hydroxylation is 3. The molecular weight excluding hydrogens is 384 g/mol. The lowest BCUT2D eigenvalue weighted by Gasteiger charge is -2.20. The van der Waals surface area contributed by atoms with Crippen LogP contribution in [0.1, 0.15) is 42.0 Å². The second-order valence-corrected chi connectivity index (χ2v) is 8.06. The van der Waals surface area contributed by atoms with Crippen LogP contribution < -0.4 is 9.47 Å². The highest BCUT2D eigenvalue weighted by atomic mass is 16.5. The topological polar surface area (TPSA) is 36.3 Å². The van der Waals surface area contributed by atoms with Gasteiger partial charge < -0.3 is 14.0 Å². The third kappa shape index (κ3) is 4.74. The van der Waals surface area contributed by atoms with Crippen LogP contribution in [0.3, 0.4) is 0 Å². The molecular formula is C27H30N2O2. The van der Waals surface area contributed by atoms with Gasteiger partial charge in [0.15, 0.2) is 11.9 Å². The molecule has 0 spiro atoms. The van der Waals surface area contributed by atoms with Crippen LogP contribution in [0, 0.1) is 20.8 Å². The molecule has 0 amide bonds. The Morgan fingerprint density at radius 2 is 1.71 bits per heavy atom. The monoisotopic (exact) mass is 414 g/mol. The van der Waals surface area contributed by atoms with Gasteiger partial charge in [-0.05, 0) is 68.7 Å². The van der Waals surface area contributed by atoms with Crippen LogP contribution in [0.4, 0.5) is 0 Å². The van der Waals surface area contributed by atoms with E-state index in [9.17, 15) is 0 Å². The van der Waals surface area contributed by atoms with E-state index in [-0.39, 0.29) is 6.10 Å². The fourth-order valence-electron chi connectivity index (χ4n) is 3.95. The van der Waals surface area contributed by atoms with Gasteiger partial charge in [-0.1, -0.05) is 48.9 Å². The molecule has 0 saturated heterocycles. The Kier molecular flexibility index (Phi) is 6.26. The molecule has 160 valence electrons. The van der Waals surface area contributed by atoms with Crippen LogP contribution in [0.25, 0.3) is 11.0 Å². The number of para-hydroxylation sites is 2. The first-order chi connectivity index (χ1) is 15.0. The summed E-state index contributed by atoms with van der Waals surface area (Å²) in [6, 6.07) is 22.7. The molecule has 1 unspecified atom stereocenters. The lowest BCUT2D eigenvalue weighted by Crippen LogP contribution is -2.17. The summed E-state index contributed by atoms with van der Waals surface area (Å²) in [6.07, 6.45) is 0.699. The van der Waals surface area contributed by atoms with E-state index in [4.69, 9.17) is 14.5 Å². The largest absolute Gasteiger partial charge is 0.491 e. The number of fused-ring (bicyclic) bond motifs is 1. The number of ether oxygens (including phenoxy) is 2. The summed E-state index contributed by atoms with van der Waals surface area (Å²) >= 11 is 0. The van der Waals surface area contributed by atoms with Gasteiger partial charge in [0.25, 0.3) is 0 Å². The number of aromatic nitrogens is 2. The lowest BCUT2D eigenvalue weighted by molar-refractivity contribution is 0.184.